The van der Waals surface area contributed by atoms with Gasteiger partial charge < -0.3 is 10.4 Å². The molecule has 1 aliphatic carbocycles. The van der Waals surface area contributed by atoms with Crippen molar-refractivity contribution >= 4 is 17.5 Å². The molecule has 98 valence electrons. The number of aliphatic hydroxyl groups excluding tert-OH is 1. The molecule has 1 amide bonds. The fourth-order valence-corrected chi connectivity index (χ4v) is 2.65. The fourth-order valence-electron chi connectivity index (χ4n) is 2.33. The molecule has 1 aromatic carbocycles. The highest BCUT2D eigenvalue weighted by Gasteiger charge is 2.25. The summed E-state index contributed by atoms with van der Waals surface area (Å²) in [6.07, 6.45) is 3.22. The first kappa shape index (κ1) is 13.4. The number of amides is 1. The molecule has 2 rings (SSSR count). The molecule has 1 aromatic rings. The number of halogens is 1. The summed E-state index contributed by atoms with van der Waals surface area (Å²) in [5.74, 6) is -0.203. The van der Waals surface area contributed by atoms with Crippen molar-refractivity contribution in [1.82, 2.24) is 5.32 Å². The Kier molecular flexibility index (Phi) is 4.25. The molecule has 18 heavy (non-hydrogen) atoms. The van der Waals surface area contributed by atoms with E-state index in [4.69, 9.17) is 11.6 Å². The molecular weight excluding hydrogens is 250 g/mol. The summed E-state index contributed by atoms with van der Waals surface area (Å²) < 4.78 is 0. The number of rotatable bonds is 2. The Bertz CT molecular complexity index is 447. The molecule has 3 nitrogen and oxygen atoms in total. The van der Waals surface area contributed by atoms with Crippen molar-refractivity contribution in [2.24, 2.45) is 0 Å². The van der Waals surface area contributed by atoms with Crippen LogP contribution in [-0.2, 0) is 0 Å². The normalized spacial score (nSPS) is 23.7. The summed E-state index contributed by atoms with van der Waals surface area (Å²) in [7, 11) is 0. The lowest BCUT2D eigenvalue weighted by atomic mass is 9.92. The minimum atomic E-state index is -0.438. The van der Waals surface area contributed by atoms with Crippen LogP contribution in [-0.4, -0.2) is 23.2 Å². The molecule has 0 spiro atoms. The highest BCUT2D eigenvalue weighted by Crippen LogP contribution is 2.21. The minimum absolute atomic E-state index is 0.149. The predicted molar refractivity (Wildman–Crippen MR) is 71.9 cm³/mol. The molecule has 2 N–H and O–H groups in total. The van der Waals surface area contributed by atoms with Gasteiger partial charge in [0.05, 0.1) is 22.7 Å². The molecule has 4 heteroatoms. The predicted octanol–water partition coefficient (Wildman–Crippen LogP) is 2.68. The summed E-state index contributed by atoms with van der Waals surface area (Å²) in [6, 6.07) is 5.21. The Labute approximate surface area is 112 Å². The summed E-state index contributed by atoms with van der Waals surface area (Å²) in [6.45, 7) is 1.93. The number of aliphatic hydroxyl groups is 1. The van der Waals surface area contributed by atoms with Gasteiger partial charge in [-0.1, -0.05) is 30.5 Å². The topological polar surface area (TPSA) is 49.3 Å². The van der Waals surface area contributed by atoms with E-state index in [1.165, 1.54) is 0 Å². The standard InChI is InChI=1S/C14H18ClNO2/c1-9-6-7-10(11(15)8-9)14(18)16-12-4-2-3-5-13(12)17/h6-8,12-13,17H,2-5H2,1H3,(H,16,18). The molecule has 0 heterocycles. The minimum Gasteiger partial charge on any atom is -0.391 e. The summed E-state index contributed by atoms with van der Waals surface area (Å²) >= 11 is 6.06. The van der Waals surface area contributed by atoms with Crippen molar-refractivity contribution < 1.29 is 9.90 Å². The van der Waals surface area contributed by atoms with E-state index in [9.17, 15) is 9.90 Å². The van der Waals surface area contributed by atoms with Crippen LogP contribution in [0.3, 0.4) is 0 Å². The van der Waals surface area contributed by atoms with Crippen LogP contribution in [0.5, 0.6) is 0 Å². The SMILES string of the molecule is Cc1ccc(C(=O)NC2CCCCC2O)c(Cl)c1. The summed E-state index contributed by atoms with van der Waals surface area (Å²) in [4.78, 5) is 12.1. The number of hydrogen-bond donors (Lipinski definition) is 2. The number of carbonyl (C=O) groups is 1. The van der Waals surface area contributed by atoms with Gasteiger partial charge in [-0.15, -0.1) is 0 Å². The summed E-state index contributed by atoms with van der Waals surface area (Å²) in [5.41, 5.74) is 1.49. The van der Waals surface area contributed by atoms with E-state index in [1.54, 1.807) is 12.1 Å². The van der Waals surface area contributed by atoms with E-state index in [0.29, 0.717) is 10.6 Å². The zero-order chi connectivity index (χ0) is 13.1. The van der Waals surface area contributed by atoms with Crippen molar-refractivity contribution in [2.75, 3.05) is 0 Å². The maximum atomic E-state index is 12.1. The third-order valence-electron chi connectivity index (χ3n) is 3.42. The number of nitrogens with one attached hydrogen (secondary N) is 1. The first-order chi connectivity index (χ1) is 8.58. The molecule has 2 atom stereocenters. The maximum Gasteiger partial charge on any atom is 0.253 e. The van der Waals surface area contributed by atoms with Gasteiger partial charge in [-0.3, -0.25) is 4.79 Å². The molecule has 1 aliphatic rings. The van der Waals surface area contributed by atoms with Gasteiger partial charge in [0.1, 0.15) is 0 Å². The Morgan fingerprint density at radius 2 is 2.11 bits per heavy atom. The van der Waals surface area contributed by atoms with E-state index < -0.39 is 6.10 Å². The quantitative estimate of drug-likeness (QED) is 0.866. The van der Waals surface area contributed by atoms with Crippen LogP contribution in [0.1, 0.15) is 41.6 Å². The molecule has 1 fully saturated rings. The Hall–Kier alpha value is -1.06. The Morgan fingerprint density at radius 3 is 2.78 bits per heavy atom. The number of benzene rings is 1. The number of aryl methyl sites for hydroxylation is 1. The molecule has 0 aliphatic heterocycles. The molecule has 0 aromatic heterocycles. The van der Waals surface area contributed by atoms with Crippen LogP contribution in [0.15, 0.2) is 18.2 Å². The molecular formula is C14H18ClNO2. The van der Waals surface area contributed by atoms with Gasteiger partial charge in [0.2, 0.25) is 0 Å². The van der Waals surface area contributed by atoms with Crippen molar-refractivity contribution in [1.29, 1.82) is 0 Å². The fraction of sp³-hybridized carbons (Fsp3) is 0.500. The monoisotopic (exact) mass is 267 g/mol. The van der Waals surface area contributed by atoms with Crippen molar-refractivity contribution in [3.8, 4) is 0 Å². The van der Waals surface area contributed by atoms with Crippen LogP contribution in [0.4, 0.5) is 0 Å². The molecule has 0 saturated heterocycles. The zero-order valence-corrected chi connectivity index (χ0v) is 11.2. The van der Waals surface area contributed by atoms with E-state index in [2.05, 4.69) is 5.32 Å². The third-order valence-corrected chi connectivity index (χ3v) is 3.73. The second-order valence-electron chi connectivity index (χ2n) is 4.92. The van der Waals surface area contributed by atoms with Gasteiger partial charge in [-0.25, -0.2) is 0 Å². The first-order valence-electron chi connectivity index (χ1n) is 6.33. The smallest absolute Gasteiger partial charge is 0.253 e. The second-order valence-corrected chi connectivity index (χ2v) is 5.32. The highest BCUT2D eigenvalue weighted by atomic mass is 35.5. The Morgan fingerprint density at radius 1 is 1.39 bits per heavy atom. The highest BCUT2D eigenvalue weighted by molar-refractivity contribution is 6.33. The van der Waals surface area contributed by atoms with Gasteiger partial charge in [0.15, 0.2) is 0 Å². The summed E-state index contributed by atoms with van der Waals surface area (Å²) in [5, 5.41) is 13.2. The lowest BCUT2D eigenvalue weighted by Crippen LogP contribution is -2.45. The third kappa shape index (κ3) is 3.03. The van der Waals surface area contributed by atoms with Crippen molar-refractivity contribution in [3.63, 3.8) is 0 Å². The van der Waals surface area contributed by atoms with Crippen molar-refractivity contribution in [3.05, 3.63) is 34.3 Å². The zero-order valence-electron chi connectivity index (χ0n) is 10.4. The molecule has 0 radical (unpaired) electrons. The van der Waals surface area contributed by atoms with Crippen LogP contribution >= 0.6 is 11.6 Å². The Balaban J connectivity index is 2.07. The largest absolute Gasteiger partial charge is 0.391 e. The van der Waals surface area contributed by atoms with E-state index >= 15 is 0 Å². The first-order valence-corrected chi connectivity index (χ1v) is 6.71. The average Bonchev–Trinajstić information content (AvgIpc) is 2.32. The molecule has 1 saturated carbocycles. The van der Waals surface area contributed by atoms with Gasteiger partial charge in [-0.2, -0.15) is 0 Å². The van der Waals surface area contributed by atoms with Crippen LogP contribution < -0.4 is 5.32 Å². The van der Waals surface area contributed by atoms with Crippen molar-refractivity contribution in [2.45, 2.75) is 44.8 Å². The van der Waals surface area contributed by atoms with E-state index in [-0.39, 0.29) is 11.9 Å². The molecule has 2 unspecified atom stereocenters. The number of hydrogen-bond acceptors (Lipinski definition) is 2. The van der Waals surface area contributed by atoms with Crippen LogP contribution in [0.25, 0.3) is 0 Å². The lowest BCUT2D eigenvalue weighted by Gasteiger charge is -2.28. The van der Waals surface area contributed by atoms with E-state index in [1.807, 2.05) is 13.0 Å². The van der Waals surface area contributed by atoms with Crippen LogP contribution in [0, 0.1) is 6.92 Å². The van der Waals surface area contributed by atoms with Gasteiger partial charge >= 0.3 is 0 Å². The van der Waals surface area contributed by atoms with E-state index in [0.717, 1.165) is 31.2 Å². The van der Waals surface area contributed by atoms with Crippen LogP contribution in [0.2, 0.25) is 5.02 Å². The average molecular weight is 268 g/mol. The van der Waals surface area contributed by atoms with Gasteiger partial charge in [0.25, 0.3) is 5.91 Å². The lowest BCUT2D eigenvalue weighted by molar-refractivity contribution is 0.0717. The number of carbonyl (C=O) groups excluding carboxylic acids is 1. The van der Waals surface area contributed by atoms with Gasteiger partial charge in [0, 0.05) is 0 Å². The maximum absolute atomic E-state index is 12.1. The molecule has 0 bridgehead atoms. The van der Waals surface area contributed by atoms with Gasteiger partial charge in [-0.05, 0) is 37.5 Å². The second kappa shape index (κ2) is 5.72.